The first kappa shape index (κ1) is 18.8. The van der Waals surface area contributed by atoms with Crippen LogP contribution in [0.3, 0.4) is 0 Å². The topological polar surface area (TPSA) is 76.7 Å². The highest BCUT2D eigenvalue weighted by atomic mass is 35.5. The Bertz CT molecular complexity index is 722. The third-order valence-corrected chi connectivity index (χ3v) is 3.36. The van der Waals surface area contributed by atoms with Crippen LogP contribution in [0.5, 0.6) is 5.75 Å². The number of carbonyl (C=O) groups excluding carboxylic acids is 2. The quantitative estimate of drug-likeness (QED) is 0.706. The summed E-state index contributed by atoms with van der Waals surface area (Å²) in [5.74, 6) is 0.199. The maximum absolute atomic E-state index is 11.9. The lowest BCUT2D eigenvalue weighted by atomic mass is 10.2. The smallest absolute Gasteiger partial charge is 0.250 e. The summed E-state index contributed by atoms with van der Waals surface area (Å²) in [5.41, 5.74) is 0.950. The van der Waals surface area contributed by atoms with E-state index < -0.39 is 0 Å². The minimum Gasteiger partial charge on any atom is -0.491 e. The third kappa shape index (κ3) is 6.82. The average Bonchev–Trinajstić information content (AvgIpc) is 2.58. The highest BCUT2D eigenvalue weighted by molar-refractivity contribution is 6.33. The van der Waals surface area contributed by atoms with Gasteiger partial charge in [-0.1, -0.05) is 29.8 Å². The fourth-order valence-corrected chi connectivity index (χ4v) is 2.15. The molecular formula is C18H19ClN2O4. The summed E-state index contributed by atoms with van der Waals surface area (Å²) in [5, 5.41) is 5.66. The summed E-state index contributed by atoms with van der Waals surface area (Å²) in [4.78, 5) is 23.0. The SMILES string of the molecule is CC(=O)Nc1cc(NC(=O)COCCOc2ccccc2)ccc1Cl. The van der Waals surface area contributed by atoms with Gasteiger partial charge in [0.25, 0.3) is 0 Å². The first-order valence-corrected chi connectivity index (χ1v) is 8.05. The molecule has 132 valence electrons. The second-order valence-electron chi connectivity index (χ2n) is 5.14. The van der Waals surface area contributed by atoms with Crippen LogP contribution in [0.1, 0.15) is 6.92 Å². The van der Waals surface area contributed by atoms with Gasteiger partial charge in [-0.3, -0.25) is 9.59 Å². The normalized spacial score (nSPS) is 10.2. The molecule has 0 heterocycles. The standard InChI is InChI=1S/C18H19ClN2O4/c1-13(22)20-17-11-14(7-8-16(17)19)21-18(23)12-24-9-10-25-15-5-3-2-4-6-15/h2-8,11H,9-10,12H2,1H3,(H,20,22)(H,21,23). The number of nitrogens with one attached hydrogen (secondary N) is 2. The molecule has 0 saturated heterocycles. The Morgan fingerprint density at radius 2 is 1.80 bits per heavy atom. The van der Waals surface area contributed by atoms with E-state index in [0.717, 1.165) is 5.75 Å². The van der Waals surface area contributed by atoms with Gasteiger partial charge in [0.05, 0.1) is 17.3 Å². The Morgan fingerprint density at radius 3 is 2.52 bits per heavy atom. The maximum atomic E-state index is 11.9. The van der Waals surface area contributed by atoms with Crippen LogP contribution >= 0.6 is 11.6 Å². The van der Waals surface area contributed by atoms with Gasteiger partial charge in [-0.2, -0.15) is 0 Å². The van der Waals surface area contributed by atoms with Crippen molar-refractivity contribution in [2.75, 3.05) is 30.5 Å². The largest absolute Gasteiger partial charge is 0.491 e. The van der Waals surface area contributed by atoms with Crippen molar-refractivity contribution in [3.8, 4) is 5.75 Å². The molecule has 0 atom stereocenters. The van der Waals surface area contributed by atoms with Crippen LogP contribution in [0.15, 0.2) is 48.5 Å². The summed E-state index contributed by atoms with van der Waals surface area (Å²) < 4.78 is 10.7. The number of carbonyl (C=O) groups is 2. The lowest BCUT2D eigenvalue weighted by Gasteiger charge is -2.10. The first-order valence-electron chi connectivity index (χ1n) is 7.67. The van der Waals surface area contributed by atoms with E-state index >= 15 is 0 Å². The number of amides is 2. The van der Waals surface area contributed by atoms with E-state index in [1.165, 1.54) is 6.92 Å². The molecule has 0 aromatic heterocycles. The number of benzene rings is 2. The van der Waals surface area contributed by atoms with Gasteiger partial charge in [0.15, 0.2) is 0 Å². The molecule has 0 unspecified atom stereocenters. The molecule has 2 aromatic rings. The first-order chi connectivity index (χ1) is 12.0. The summed E-state index contributed by atoms with van der Waals surface area (Å²) in [7, 11) is 0. The summed E-state index contributed by atoms with van der Waals surface area (Å²) >= 11 is 5.98. The second kappa shape index (κ2) is 9.66. The van der Waals surface area contributed by atoms with Gasteiger partial charge in [0.1, 0.15) is 19.0 Å². The van der Waals surface area contributed by atoms with E-state index in [2.05, 4.69) is 10.6 Å². The highest BCUT2D eigenvalue weighted by Crippen LogP contribution is 2.25. The van der Waals surface area contributed by atoms with Gasteiger partial charge in [-0.15, -0.1) is 0 Å². The van der Waals surface area contributed by atoms with E-state index in [9.17, 15) is 9.59 Å². The predicted molar refractivity (Wildman–Crippen MR) is 97.1 cm³/mol. The number of hydrogen-bond donors (Lipinski definition) is 2. The Balaban J connectivity index is 1.72. The highest BCUT2D eigenvalue weighted by Gasteiger charge is 2.07. The summed E-state index contributed by atoms with van der Waals surface area (Å²) in [6.07, 6.45) is 0. The number of ether oxygens (including phenoxy) is 2. The molecule has 0 aliphatic heterocycles. The molecule has 0 bridgehead atoms. The van der Waals surface area contributed by atoms with Crippen LogP contribution in [0.4, 0.5) is 11.4 Å². The van der Waals surface area contributed by atoms with Crippen molar-refractivity contribution in [1.82, 2.24) is 0 Å². The Hall–Kier alpha value is -2.57. The van der Waals surface area contributed by atoms with Crippen LogP contribution in [0.2, 0.25) is 5.02 Å². The Labute approximate surface area is 151 Å². The van der Waals surface area contributed by atoms with E-state index in [1.54, 1.807) is 18.2 Å². The molecule has 0 aliphatic rings. The van der Waals surface area contributed by atoms with Crippen molar-refractivity contribution in [3.05, 3.63) is 53.6 Å². The van der Waals surface area contributed by atoms with Crippen LogP contribution in [-0.4, -0.2) is 31.6 Å². The monoisotopic (exact) mass is 362 g/mol. The van der Waals surface area contributed by atoms with Crippen molar-refractivity contribution in [1.29, 1.82) is 0 Å². The van der Waals surface area contributed by atoms with Crippen molar-refractivity contribution >= 4 is 34.8 Å². The van der Waals surface area contributed by atoms with Gasteiger partial charge in [0, 0.05) is 12.6 Å². The zero-order valence-corrected chi connectivity index (χ0v) is 14.5. The van der Waals surface area contributed by atoms with Gasteiger partial charge >= 0.3 is 0 Å². The molecule has 2 rings (SSSR count). The minimum absolute atomic E-state index is 0.101. The molecule has 2 aromatic carbocycles. The van der Waals surface area contributed by atoms with Gasteiger partial charge < -0.3 is 20.1 Å². The van der Waals surface area contributed by atoms with Gasteiger partial charge in [-0.05, 0) is 30.3 Å². The number of rotatable bonds is 8. The van der Waals surface area contributed by atoms with Gasteiger partial charge in [0.2, 0.25) is 11.8 Å². The molecule has 0 radical (unpaired) electrons. The molecule has 7 heteroatoms. The predicted octanol–water partition coefficient (Wildman–Crippen LogP) is 3.33. The molecule has 25 heavy (non-hydrogen) atoms. The van der Waals surface area contributed by atoms with E-state index in [1.807, 2.05) is 30.3 Å². The third-order valence-electron chi connectivity index (χ3n) is 3.03. The fourth-order valence-electron chi connectivity index (χ4n) is 1.99. The molecule has 6 nitrogen and oxygen atoms in total. The number of anilines is 2. The van der Waals surface area contributed by atoms with Crippen molar-refractivity contribution in [2.45, 2.75) is 6.92 Å². The Kier molecular flexibility index (Phi) is 7.25. The van der Waals surface area contributed by atoms with Crippen LogP contribution in [0.25, 0.3) is 0 Å². The summed E-state index contributed by atoms with van der Waals surface area (Å²) in [6.45, 7) is 1.92. The molecule has 2 amide bonds. The second-order valence-corrected chi connectivity index (χ2v) is 5.55. The van der Waals surface area contributed by atoms with Crippen LogP contribution in [0, 0.1) is 0 Å². The average molecular weight is 363 g/mol. The van der Waals surface area contributed by atoms with Crippen molar-refractivity contribution < 1.29 is 19.1 Å². The van der Waals surface area contributed by atoms with E-state index in [0.29, 0.717) is 29.6 Å². The number of hydrogen-bond acceptors (Lipinski definition) is 4. The molecule has 2 N–H and O–H groups in total. The number of para-hydroxylation sites is 1. The van der Waals surface area contributed by atoms with E-state index in [-0.39, 0.29) is 18.4 Å². The van der Waals surface area contributed by atoms with Crippen LogP contribution < -0.4 is 15.4 Å². The number of halogens is 1. The van der Waals surface area contributed by atoms with Crippen molar-refractivity contribution in [3.63, 3.8) is 0 Å². The maximum Gasteiger partial charge on any atom is 0.250 e. The molecule has 0 spiro atoms. The zero-order valence-electron chi connectivity index (χ0n) is 13.8. The molecule has 0 fully saturated rings. The van der Waals surface area contributed by atoms with Gasteiger partial charge in [-0.25, -0.2) is 0 Å². The minimum atomic E-state index is -0.309. The lowest BCUT2D eigenvalue weighted by Crippen LogP contribution is -2.20. The molecular weight excluding hydrogens is 344 g/mol. The van der Waals surface area contributed by atoms with Crippen molar-refractivity contribution in [2.24, 2.45) is 0 Å². The molecule has 0 saturated carbocycles. The Morgan fingerprint density at radius 1 is 1.04 bits per heavy atom. The molecule has 0 aliphatic carbocycles. The zero-order chi connectivity index (χ0) is 18.1. The van der Waals surface area contributed by atoms with Crippen LogP contribution in [-0.2, 0) is 14.3 Å². The summed E-state index contributed by atoms with van der Waals surface area (Å²) in [6, 6.07) is 14.2. The van der Waals surface area contributed by atoms with E-state index in [4.69, 9.17) is 21.1 Å². The fraction of sp³-hybridized carbons (Fsp3) is 0.222. The lowest BCUT2D eigenvalue weighted by molar-refractivity contribution is -0.120.